The Morgan fingerprint density at radius 3 is 2.46 bits per heavy atom. The molecule has 8 heteroatoms. The normalized spacial score (nSPS) is 11.7. The van der Waals surface area contributed by atoms with Gasteiger partial charge >= 0.3 is 0 Å². The van der Waals surface area contributed by atoms with E-state index in [0.29, 0.717) is 12.0 Å². The first-order valence-electron chi connectivity index (χ1n) is 8.08. The third kappa shape index (κ3) is 3.15. The van der Waals surface area contributed by atoms with Crippen LogP contribution in [0.15, 0.2) is 56.7 Å². The van der Waals surface area contributed by atoms with Gasteiger partial charge in [-0.25, -0.2) is 8.42 Å². The minimum Gasteiger partial charge on any atom is -0.508 e. The van der Waals surface area contributed by atoms with Crippen LogP contribution in [0.4, 0.5) is 5.69 Å². The molecular formula is C18H17NO6S. The highest BCUT2D eigenvalue weighted by Gasteiger charge is 2.29. The number of rotatable bonds is 6. The van der Waals surface area contributed by atoms with Crippen LogP contribution in [0.1, 0.15) is 25.5 Å². The number of nitro groups is 1. The van der Waals surface area contributed by atoms with Crippen LogP contribution >= 0.6 is 0 Å². The third-order valence-electron chi connectivity index (χ3n) is 4.08. The maximum Gasteiger partial charge on any atom is 0.270 e. The van der Waals surface area contributed by atoms with Crippen LogP contribution in [0.5, 0.6) is 5.75 Å². The molecule has 0 saturated heterocycles. The number of phenols is 1. The van der Waals surface area contributed by atoms with E-state index in [1.807, 2.05) is 6.92 Å². The number of nitrogens with zero attached hydrogens (tertiary/aromatic N) is 1. The van der Waals surface area contributed by atoms with Crippen molar-refractivity contribution < 1.29 is 22.9 Å². The Hall–Kier alpha value is -2.87. The van der Waals surface area contributed by atoms with E-state index in [2.05, 4.69) is 0 Å². The van der Waals surface area contributed by atoms with Crippen molar-refractivity contribution in [2.24, 2.45) is 0 Å². The molecule has 2 aromatic carbocycles. The zero-order valence-corrected chi connectivity index (χ0v) is 14.8. The molecule has 0 aliphatic rings. The number of fused-ring (bicyclic) bond motifs is 1. The van der Waals surface area contributed by atoms with Crippen molar-refractivity contribution in [1.82, 2.24) is 0 Å². The quantitative estimate of drug-likeness (QED) is 0.510. The summed E-state index contributed by atoms with van der Waals surface area (Å²) in [7, 11) is -3.97. The molecule has 0 spiro atoms. The lowest BCUT2D eigenvalue weighted by molar-refractivity contribution is -0.384. The van der Waals surface area contributed by atoms with Crippen molar-refractivity contribution in [3.05, 3.63) is 58.3 Å². The van der Waals surface area contributed by atoms with Gasteiger partial charge in [-0.15, -0.1) is 0 Å². The van der Waals surface area contributed by atoms with Crippen LogP contribution in [0.3, 0.4) is 0 Å². The molecule has 0 amide bonds. The molecule has 1 heterocycles. The molecule has 1 N–H and O–H groups in total. The van der Waals surface area contributed by atoms with Gasteiger partial charge in [0, 0.05) is 23.9 Å². The number of hydrogen-bond donors (Lipinski definition) is 1. The number of furan rings is 1. The smallest absolute Gasteiger partial charge is 0.270 e. The summed E-state index contributed by atoms with van der Waals surface area (Å²) in [6.45, 7) is 1.97. The zero-order chi connectivity index (χ0) is 18.9. The van der Waals surface area contributed by atoms with Gasteiger partial charge in [0.15, 0.2) is 0 Å². The molecule has 0 unspecified atom stereocenters. The summed E-state index contributed by atoms with van der Waals surface area (Å²) in [6, 6.07) is 9.08. The summed E-state index contributed by atoms with van der Waals surface area (Å²) in [5.74, 6) is 0.235. The Morgan fingerprint density at radius 2 is 1.85 bits per heavy atom. The summed E-state index contributed by atoms with van der Waals surface area (Å²) in [4.78, 5) is 10.5. The van der Waals surface area contributed by atoms with E-state index < -0.39 is 14.8 Å². The van der Waals surface area contributed by atoms with Gasteiger partial charge in [0.25, 0.3) is 5.69 Å². The van der Waals surface area contributed by atoms with Crippen molar-refractivity contribution >= 4 is 26.5 Å². The molecule has 136 valence electrons. The van der Waals surface area contributed by atoms with Crippen LogP contribution < -0.4 is 0 Å². The molecule has 0 aliphatic carbocycles. The van der Waals surface area contributed by atoms with E-state index in [-0.39, 0.29) is 32.4 Å². The van der Waals surface area contributed by atoms with E-state index in [1.165, 1.54) is 42.5 Å². The number of phenolic OH excluding ortho intramolecular Hbond substituents is 1. The Kier molecular flexibility index (Phi) is 4.69. The maximum absolute atomic E-state index is 13.2. The first kappa shape index (κ1) is 17.9. The highest BCUT2D eigenvalue weighted by atomic mass is 32.2. The van der Waals surface area contributed by atoms with Crippen molar-refractivity contribution in [1.29, 1.82) is 0 Å². The number of aromatic hydroxyl groups is 1. The lowest BCUT2D eigenvalue weighted by atomic mass is 10.2. The predicted octanol–water partition coefficient (Wildman–Crippen LogP) is 4.22. The average molecular weight is 375 g/mol. The number of benzene rings is 2. The molecule has 0 radical (unpaired) electrons. The fourth-order valence-electron chi connectivity index (χ4n) is 2.77. The number of non-ortho nitro benzene ring substituents is 1. The summed E-state index contributed by atoms with van der Waals surface area (Å²) < 4.78 is 32.1. The lowest BCUT2D eigenvalue weighted by Crippen LogP contribution is -2.04. The molecule has 7 nitrogen and oxygen atoms in total. The van der Waals surface area contributed by atoms with Gasteiger partial charge in [-0.05, 0) is 36.8 Å². The number of sulfone groups is 1. The van der Waals surface area contributed by atoms with Crippen LogP contribution in [-0.4, -0.2) is 18.4 Å². The van der Waals surface area contributed by atoms with Crippen LogP contribution in [0, 0.1) is 10.1 Å². The van der Waals surface area contributed by atoms with Gasteiger partial charge in [0.05, 0.1) is 9.82 Å². The van der Waals surface area contributed by atoms with E-state index in [4.69, 9.17) is 4.42 Å². The second-order valence-corrected chi connectivity index (χ2v) is 7.78. The molecule has 3 aromatic rings. The summed E-state index contributed by atoms with van der Waals surface area (Å²) in [5, 5.41) is 20.7. The number of nitro benzene ring substituents is 1. The monoisotopic (exact) mass is 375 g/mol. The minimum atomic E-state index is -3.97. The Labute approximate surface area is 149 Å². The van der Waals surface area contributed by atoms with Gasteiger partial charge in [0.1, 0.15) is 22.0 Å². The van der Waals surface area contributed by atoms with E-state index >= 15 is 0 Å². The number of aryl methyl sites for hydroxylation is 1. The lowest BCUT2D eigenvalue weighted by Gasteiger charge is -2.06. The molecular weight excluding hydrogens is 358 g/mol. The summed E-state index contributed by atoms with van der Waals surface area (Å²) in [6.07, 6.45) is 1.97. The molecule has 0 aliphatic heterocycles. The van der Waals surface area contributed by atoms with Crippen molar-refractivity contribution in [3.63, 3.8) is 0 Å². The zero-order valence-electron chi connectivity index (χ0n) is 14.0. The second-order valence-electron chi connectivity index (χ2n) is 5.89. The molecule has 0 atom stereocenters. The first-order valence-corrected chi connectivity index (χ1v) is 9.57. The van der Waals surface area contributed by atoms with Gasteiger partial charge in [0.2, 0.25) is 9.84 Å². The van der Waals surface area contributed by atoms with Crippen molar-refractivity contribution in [2.45, 2.75) is 36.0 Å². The minimum absolute atomic E-state index is 0.0118. The second kappa shape index (κ2) is 6.80. The molecule has 1 aromatic heterocycles. The van der Waals surface area contributed by atoms with Gasteiger partial charge in [-0.3, -0.25) is 10.1 Å². The number of hydrogen-bond acceptors (Lipinski definition) is 6. The van der Waals surface area contributed by atoms with Gasteiger partial charge < -0.3 is 9.52 Å². The fraction of sp³-hybridized carbons (Fsp3) is 0.222. The molecule has 0 fully saturated rings. The first-order chi connectivity index (χ1) is 12.3. The SMILES string of the molecule is CCCCc1oc2ccc([N+](=O)[O-])cc2c1S(=O)(=O)c1ccc(O)cc1. The van der Waals surface area contributed by atoms with E-state index in [1.54, 1.807) is 0 Å². The maximum atomic E-state index is 13.2. The predicted molar refractivity (Wildman–Crippen MR) is 95.0 cm³/mol. The van der Waals surface area contributed by atoms with Crippen molar-refractivity contribution in [3.8, 4) is 5.75 Å². The highest BCUT2D eigenvalue weighted by Crippen LogP contribution is 2.37. The fourth-order valence-corrected chi connectivity index (χ4v) is 4.39. The topological polar surface area (TPSA) is 111 Å². The van der Waals surface area contributed by atoms with Gasteiger partial charge in [-0.2, -0.15) is 0 Å². The molecule has 3 rings (SSSR count). The van der Waals surface area contributed by atoms with E-state index in [0.717, 1.165) is 12.8 Å². The summed E-state index contributed by atoms with van der Waals surface area (Å²) >= 11 is 0. The molecule has 26 heavy (non-hydrogen) atoms. The number of unbranched alkanes of at least 4 members (excludes halogenated alkanes) is 1. The molecule has 0 saturated carbocycles. The van der Waals surface area contributed by atoms with Crippen LogP contribution in [-0.2, 0) is 16.3 Å². The third-order valence-corrected chi connectivity index (χ3v) is 5.96. The van der Waals surface area contributed by atoms with Crippen LogP contribution in [0.2, 0.25) is 0 Å². The van der Waals surface area contributed by atoms with Crippen molar-refractivity contribution in [2.75, 3.05) is 0 Å². The summed E-state index contributed by atoms with van der Waals surface area (Å²) in [5.41, 5.74) is 0.0848. The van der Waals surface area contributed by atoms with Gasteiger partial charge in [-0.1, -0.05) is 13.3 Å². The standard InChI is InChI=1S/C18H17NO6S/c1-2-3-4-17-18(26(23,24)14-8-6-13(20)7-9-14)15-11-12(19(21)22)5-10-16(15)25-17/h5-11,20H,2-4H2,1H3. The Morgan fingerprint density at radius 1 is 1.15 bits per heavy atom. The van der Waals surface area contributed by atoms with Crippen LogP contribution in [0.25, 0.3) is 11.0 Å². The largest absolute Gasteiger partial charge is 0.508 e. The highest BCUT2D eigenvalue weighted by molar-refractivity contribution is 7.91. The molecule has 0 bridgehead atoms. The Bertz CT molecular complexity index is 1070. The average Bonchev–Trinajstić information content (AvgIpc) is 2.98. The Balaban J connectivity index is 2.28. The van der Waals surface area contributed by atoms with E-state index in [9.17, 15) is 23.6 Å².